The van der Waals surface area contributed by atoms with E-state index in [1.807, 2.05) is 0 Å². The number of ether oxygens (including phenoxy) is 2. The Morgan fingerprint density at radius 2 is 1.96 bits per heavy atom. The number of aromatic nitrogens is 1. The fraction of sp³-hybridized carbons (Fsp3) is 0.400. The average Bonchev–Trinajstić information content (AvgIpc) is 3.15. The smallest absolute Gasteiger partial charge is 0.235 e. The third kappa shape index (κ3) is 3.85. The molecule has 3 rings (SSSR count). The van der Waals surface area contributed by atoms with Gasteiger partial charge in [0.2, 0.25) is 11.8 Å². The lowest BCUT2D eigenvalue weighted by molar-refractivity contribution is -0.121. The Balaban J connectivity index is 1.74. The molecule has 0 aliphatic heterocycles. The summed E-state index contributed by atoms with van der Waals surface area (Å²) in [5, 5.41) is 2.90. The molecule has 0 spiro atoms. The number of rotatable bonds is 7. The van der Waals surface area contributed by atoms with Crippen molar-refractivity contribution in [2.75, 3.05) is 25.6 Å². The monoisotopic (exact) mass is 358 g/mol. The Morgan fingerprint density at radius 3 is 2.62 bits per heavy atom. The third-order valence-corrected chi connectivity index (χ3v) is 4.81. The molecule has 1 heterocycles. The zero-order valence-corrected chi connectivity index (χ0v) is 14.8. The summed E-state index contributed by atoms with van der Waals surface area (Å²) in [4.78, 5) is 17.2. The van der Waals surface area contributed by atoms with Crippen molar-refractivity contribution in [1.82, 2.24) is 4.98 Å². The van der Waals surface area contributed by atoms with E-state index in [9.17, 15) is 9.18 Å². The van der Waals surface area contributed by atoms with Crippen molar-refractivity contribution >= 4 is 11.6 Å². The second-order valence-corrected chi connectivity index (χ2v) is 6.45. The highest BCUT2D eigenvalue weighted by atomic mass is 19.1. The Bertz CT molecular complexity index is 743. The van der Waals surface area contributed by atoms with Crippen LogP contribution in [0, 0.1) is 5.82 Å². The summed E-state index contributed by atoms with van der Waals surface area (Å²) >= 11 is 0. The Labute approximate surface area is 152 Å². The van der Waals surface area contributed by atoms with Gasteiger partial charge in [0.15, 0.2) is 0 Å². The number of anilines is 1. The quantitative estimate of drug-likeness (QED) is 0.767. The molecule has 0 radical (unpaired) electrons. The fourth-order valence-electron chi connectivity index (χ4n) is 3.47. The van der Waals surface area contributed by atoms with Gasteiger partial charge in [-0.25, -0.2) is 9.37 Å². The van der Waals surface area contributed by atoms with E-state index in [1.54, 1.807) is 43.6 Å². The van der Waals surface area contributed by atoms with Crippen LogP contribution in [0.15, 0.2) is 42.6 Å². The normalized spacial score (nSPS) is 15.6. The highest BCUT2D eigenvalue weighted by Gasteiger charge is 2.44. The molecule has 26 heavy (non-hydrogen) atoms. The van der Waals surface area contributed by atoms with Crippen LogP contribution in [0.3, 0.4) is 0 Å². The van der Waals surface area contributed by atoms with Gasteiger partial charge in [-0.2, -0.15) is 0 Å². The van der Waals surface area contributed by atoms with Crippen LogP contribution in [0.4, 0.5) is 10.1 Å². The van der Waals surface area contributed by atoms with Crippen molar-refractivity contribution in [3.8, 4) is 5.88 Å². The molecule has 0 atom stereocenters. The zero-order valence-electron chi connectivity index (χ0n) is 14.8. The van der Waals surface area contributed by atoms with Crippen LogP contribution < -0.4 is 10.1 Å². The van der Waals surface area contributed by atoms with Crippen molar-refractivity contribution in [2.24, 2.45) is 0 Å². The zero-order chi connectivity index (χ0) is 18.4. The van der Waals surface area contributed by atoms with Crippen molar-refractivity contribution in [1.29, 1.82) is 0 Å². The SMILES string of the molecule is COCCOc1ccc(NC(=O)C2(c3ccccc3F)CCCC2)cn1. The van der Waals surface area contributed by atoms with Gasteiger partial charge >= 0.3 is 0 Å². The van der Waals surface area contributed by atoms with Gasteiger partial charge in [-0.1, -0.05) is 31.0 Å². The molecule has 1 saturated carbocycles. The standard InChI is InChI=1S/C20H23FN2O3/c1-25-12-13-26-18-9-8-15(14-22-18)23-19(24)20(10-4-5-11-20)16-6-2-3-7-17(16)21/h2-3,6-9,14H,4-5,10-13H2,1H3,(H,23,24). The first-order chi connectivity index (χ1) is 12.7. The number of hydrogen-bond acceptors (Lipinski definition) is 4. The molecule has 6 heteroatoms. The number of pyridine rings is 1. The van der Waals surface area contributed by atoms with E-state index in [0.29, 0.717) is 43.2 Å². The molecule has 1 fully saturated rings. The van der Waals surface area contributed by atoms with Crippen molar-refractivity contribution < 1.29 is 18.7 Å². The molecule has 2 aromatic rings. The van der Waals surface area contributed by atoms with Crippen LogP contribution in [0.2, 0.25) is 0 Å². The van der Waals surface area contributed by atoms with Gasteiger partial charge in [0, 0.05) is 18.7 Å². The second-order valence-electron chi connectivity index (χ2n) is 6.45. The number of nitrogens with one attached hydrogen (secondary N) is 1. The maximum atomic E-state index is 14.4. The topological polar surface area (TPSA) is 60.5 Å². The van der Waals surface area contributed by atoms with E-state index in [0.717, 1.165) is 12.8 Å². The molecule has 1 amide bonds. The minimum absolute atomic E-state index is 0.185. The molecule has 138 valence electrons. The number of hydrogen-bond donors (Lipinski definition) is 1. The summed E-state index contributed by atoms with van der Waals surface area (Å²) in [6.07, 6.45) is 4.65. The first-order valence-electron chi connectivity index (χ1n) is 8.80. The van der Waals surface area contributed by atoms with E-state index in [2.05, 4.69) is 10.3 Å². The molecule has 0 saturated heterocycles. The van der Waals surface area contributed by atoms with E-state index in [4.69, 9.17) is 9.47 Å². The fourth-order valence-corrected chi connectivity index (χ4v) is 3.47. The number of nitrogens with zero attached hydrogens (tertiary/aromatic N) is 1. The third-order valence-electron chi connectivity index (χ3n) is 4.81. The number of methoxy groups -OCH3 is 1. The second kappa shape index (κ2) is 8.27. The summed E-state index contributed by atoms with van der Waals surface area (Å²) in [5.41, 5.74) is 0.220. The predicted octanol–water partition coefficient (Wildman–Crippen LogP) is 3.70. The lowest BCUT2D eigenvalue weighted by atomic mass is 9.77. The molecule has 5 nitrogen and oxygen atoms in total. The van der Waals surface area contributed by atoms with Crippen molar-refractivity contribution in [2.45, 2.75) is 31.1 Å². The average molecular weight is 358 g/mol. The summed E-state index contributed by atoms with van der Waals surface area (Å²) in [6, 6.07) is 9.97. The number of carbonyl (C=O) groups excluding carboxylic acids is 1. The minimum Gasteiger partial charge on any atom is -0.475 e. The number of amides is 1. The highest BCUT2D eigenvalue weighted by Crippen LogP contribution is 2.43. The summed E-state index contributed by atoms with van der Waals surface area (Å²) in [6.45, 7) is 0.886. The van der Waals surface area contributed by atoms with Gasteiger partial charge in [-0.05, 0) is 25.0 Å². The van der Waals surface area contributed by atoms with Gasteiger partial charge < -0.3 is 14.8 Å². The largest absolute Gasteiger partial charge is 0.475 e. The summed E-state index contributed by atoms with van der Waals surface area (Å²) < 4.78 is 24.7. The maximum absolute atomic E-state index is 14.4. The van der Waals surface area contributed by atoms with Gasteiger partial charge in [0.05, 0.1) is 23.9 Å². The molecule has 1 aliphatic rings. The number of benzene rings is 1. The first-order valence-corrected chi connectivity index (χ1v) is 8.80. The molecule has 0 bridgehead atoms. The van der Waals surface area contributed by atoms with Crippen LogP contribution in [0.25, 0.3) is 0 Å². The first kappa shape index (κ1) is 18.3. The van der Waals surface area contributed by atoms with E-state index in [-0.39, 0.29) is 11.7 Å². The maximum Gasteiger partial charge on any atom is 0.235 e. The Morgan fingerprint density at radius 1 is 1.19 bits per heavy atom. The van der Waals surface area contributed by atoms with Crippen LogP contribution in [0.1, 0.15) is 31.2 Å². The van der Waals surface area contributed by atoms with Crippen molar-refractivity contribution in [3.05, 3.63) is 54.0 Å². The van der Waals surface area contributed by atoms with Crippen LogP contribution >= 0.6 is 0 Å². The summed E-state index contributed by atoms with van der Waals surface area (Å²) in [7, 11) is 1.60. The molecule has 1 aliphatic carbocycles. The minimum atomic E-state index is -0.820. The molecule has 0 unspecified atom stereocenters. The number of carbonyl (C=O) groups is 1. The van der Waals surface area contributed by atoms with Crippen LogP contribution in [-0.4, -0.2) is 31.2 Å². The van der Waals surface area contributed by atoms with E-state index in [1.165, 1.54) is 6.07 Å². The van der Waals surface area contributed by atoms with Gasteiger partial charge in [0.25, 0.3) is 0 Å². The highest BCUT2D eigenvalue weighted by molar-refractivity contribution is 5.99. The van der Waals surface area contributed by atoms with Gasteiger partial charge in [-0.3, -0.25) is 4.79 Å². The van der Waals surface area contributed by atoms with Crippen LogP contribution in [0.5, 0.6) is 5.88 Å². The van der Waals surface area contributed by atoms with Crippen molar-refractivity contribution in [3.63, 3.8) is 0 Å². The Hall–Kier alpha value is -2.47. The predicted molar refractivity (Wildman–Crippen MR) is 96.8 cm³/mol. The molecular formula is C20H23FN2O3. The Kier molecular flexibility index (Phi) is 5.83. The van der Waals surface area contributed by atoms with Gasteiger partial charge in [-0.15, -0.1) is 0 Å². The number of halogens is 1. The molecule has 1 N–H and O–H groups in total. The molecular weight excluding hydrogens is 335 g/mol. The van der Waals surface area contributed by atoms with Gasteiger partial charge in [0.1, 0.15) is 12.4 Å². The van der Waals surface area contributed by atoms with E-state index >= 15 is 0 Å². The lowest BCUT2D eigenvalue weighted by Crippen LogP contribution is -2.38. The molecule has 1 aromatic heterocycles. The van der Waals surface area contributed by atoms with Crippen LogP contribution in [-0.2, 0) is 14.9 Å². The lowest BCUT2D eigenvalue weighted by Gasteiger charge is -2.28. The van der Waals surface area contributed by atoms with E-state index < -0.39 is 5.41 Å². The molecule has 1 aromatic carbocycles. The summed E-state index contributed by atoms with van der Waals surface area (Å²) in [5.74, 6) is -0.0516.